The van der Waals surface area contributed by atoms with Crippen molar-refractivity contribution in [3.63, 3.8) is 0 Å². The van der Waals surface area contributed by atoms with E-state index in [1.54, 1.807) is 6.07 Å². The molecule has 0 bridgehead atoms. The van der Waals surface area contributed by atoms with E-state index in [0.29, 0.717) is 13.0 Å². The lowest BCUT2D eigenvalue weighted by atomic mass is 10.1. The maximum atomic E-state index is 13.7. The van der Waals surface area contributed by atoms with Crippen LogP contribution in [0.2, 0.25) is 0 Å². The number of nitrogens with two attached hydrogens (primary N) is 1. The van der Waals surface area contributed by atoms with E-state index in [1.807, 2.05) is 0 Å². The van der Waals surface area contributed by atoms with E-state index in [1.165, 1.54) is 12.1 Å². The molecular weight excluding hydrogens is 267 g/mol. The fourth-order valence-electron chi connectivity index (χ4n) is 1.79. The zero-order valence-corrected chi connectivity index (χ0v) is 10.7. The van der Waals surface area contributed by atoms with E-state index in [9.17, 15) is 13.2 Å². The lowest BCUT2D eigenvalue weighted by Gasteiger charge is -2.09. The van der Waals surface area contributed by atoms with Gasteiger partial charge in [-0.2, -0.15) is 0 Å². The second-order valence-corrected chi connectivity index (χ2v) is 4.33. The average molecular weight is 281 g/mol. The van der Waals surface area contributed by atoms with Crippen LogP contribution in [0.5, 0.6) is 5.75 Å². The van der Waals surface area contributed by atoms with Crippen molar-refractivity contribution in [2.75, 3.05) is 6.54 Å². The molecule has 2 rings (SSSR count). The molecule has 0 fully saturated rings. The summed E-state index contributed by atoms with van der Waals surface area (Å²) in [6.45, 7) is 0.185. The van der Waals surface area contributed by atoms with Gasteiger partial charge in [0.2, 0.25) is 0 Å². The Labute approximate surface area is 115 Å². The van der Waals surface area contributed by atoms with Crippen LogP contribution in [-0.4, -0.2) is 6.54 Å². The predicted octanol–water partition coefficient (Wildman–Crippen LogP) is 3.18. The molecule has 2 aromatic rings. The van der Waals surface area contributed by atoms with E-state index >= 15 is 0 Å². The highest BCUT2D eigenvalue weighted by Gasteiger charge is 2.08. The van der Waals surface area contributed by atoms with Gasteiger partial charge in [0.15, 0.2) is 11.6 Å². The van der Waals surface area contributed by atoms with Gasteiger partial charge in [-0.25, -0.2) is 13.2 Å². The van der Waals surface area contributed by atoms with E-state index in [0.717, 1.165) is 23.8 Å². The molecule has 0 aliphatic rings. The molecular formula is C15H14F3NO. The smallest absolute Gasteiger partial charge is 0.165 e. The minimum absolute atomic E-state index is 0.00515. The molecule has 0 aliphatic carbocycles. The minimum atomic E-state index is -0.591. The topological polar surface area (TPSA) is 35.2 Å². The largest absolute Gasteiger partial charge is 0.486 e. The Balaban J connectivity index is 2.09. The molecule has 0 aliphatic heterocycles. The molecule has 2 nitrogen and oxygen atoms in total. The Morgan fingerprint density at radius 3 is 2.45 bits per heavy atom. The molecule has 0 aromatic heterocycles. The molecule has 0 saturated carbocycles. The van der Waals surface area contributed by atoms with Gasteiger partial charge in [-0.3, -0.25) is 0 Å². The van der Waals surface area contributed by atoms with Crippen molar-refractivity contribution >= 4 is 0 Å². The van der Waals surface area contributed by atoms with Gasteiger partial charge >= 0.3 is 0 Å². The van der Waals surface area contributed by atoms with Crippen LogP contribution < -0.4 is 10.5 Å². The maximum absolute atomic E-state index is 13.7. The zero-order chi connectivity index (χ0) is 14.5. The molecule has 2 N–H and O–H groups in total. The van der Waals surface area contributed by atoms with Gasteiger partial charge < -0.3 is 10.5 Å². The second kappa shape index (κ2) is 6.43. The number of ether oxygens (including phenoxy) is 1. The first kappa shape index (κ1) is 14.4. The Kier molecular flexibility index (Phi) is 4.63. The van der Waals surface area contributed by atoms with Crippen molar-refractivity contribution in [2.24, 2.45) is 5.73 Å². The van der Waals surface area contributed by atoms with Gasteiger partial charge in [0.25, 0.3) is 0 Å². The Morgan fingerprint density at radius 2 is 1.75 bits per heavy atom. The standard InChI is InChI=1S/C15H14F3NO/c16-12-2-3-13(17)11(8-12)9-20-15-4-1-10(5-6-19)7-14(15)18/h1-4,7-8H,5-6,9,19H2. The normalized spacial score (nSPS) is 10.6. The van der Waals surface area contributed by atoms with Crippen molar-refractivity contribution < 1.29 is 17.9 Å². The van der Waals surface area contributed by atoms with Gasteiger partial charge in [0.05, 0.1) is 0 Å². The molecule has 0 spiro atoms. The highest BCUT2D eigenvalue weighted by Crippen LogP contribution is 2.20. The maximum Gasteiger partial charge on any atom is 0.165 e. The third-order valence-electron chi connectivity index (χ3n) is 2.82. The fraction of sp³-hybridized carbons (Fsp3) is 0.200. The van der Waals surface area contributed by atoms with Crippen LogP contribution >= 0.6 is 0 Å². The summed E-state index contributed by atoms with van der Waals surface area (Å²) in [7, 11) is 0. The minimum Gasteiger partial charge on any atom is -0.486 e. The fourth-order valence-corrected chi connectivity index (χ4v) is 1.79. The Bertz CT molecular complexity index is 602. The summed E-state index contributed by atoms with van der Waals surface area (Å²) in [5, 5.41) is 0. The highest BCUT2D eigenvalue weighted by atomic mass is 19.1. The third kappa shape index (κ3) is 3.51. The average Bonchev–Trinajstić information content (AvgIpc) is 2.42. The molecule has 0 saturated heterocycles. The molecule has 5 heteroatoms. The van der Waals surface area contributed by atoms with Gasteiger partial charge in [-0.05, 0) is 48.9 Å². The monoisotopic (exact) mass is 281 g/mol. The SMILES string of the molecule is NCCc1ccc(OCc2cc(F)ccc2F)c(F)c1. The van der Waals surface area contributed by atoms with Gasteiger partial charge in [-0.1, -0.05) is 6.07 Å². The predicted molar refractivity (Wildman–Crippen MR) is 69.8 cm³/mol. The van der Waals surface area contributed by atoms with Crippen LogP contribution in [0.3, 0.4) is 0 Å². The first-order valence-electron chi connectivity index (χ1n) is 6.15. The van der Waals surface area contributed by atoms with Crippen LogP contribution in [0, 0.1) is 17.5 Å². The van der Waals surface area contributed by atoms with Crippen molar-refractivity contribution in [1.82, 2.24) is 0 Å². The van der Waals surface area contributed by atoms with Gasteiger partial charge in [0.1, 0.15) is 18.2 Å². The molecule has 106 valence electrons. The van der Waals surface area contributed by atoms with Crippen LogP contribution in [0.4, 0.5) is 13.2 Å². The van der Waals surface area contributed by atoms with Crippen molar-refractivity contribution in [3.8, 4) is 5.75 Å². The Morgan fingerprint density at radius 1 is 0.950 bits per heavy atom. The quantitative estimate of drug-likeness (QED) is 0.913. The molecule has 2 aromatic carbocycles. The molecule has 0 atom stereocenters. The van der Waals surface area contributed by atoms with E-state index < -0.39 is 17.5 Å². The van der Waals surface area contributed by atoms with Crippen molar-refractivity contribution in [3.05, 3.63) is 65.0 Å². The van der Waals surface area contributed by atoms with Crippen molar-refractivity contribution in [1.29, 1.82) is 0 Å². The lowest BCUT2D eigenvalue weighted by molar-refractivity contribution is 0.284. The zero-order valence-electron chi connectivity index (χ0n) is 10.7. The Hall–Kier alpha value is -2.01. The molecule has 0 heterocycles. The lowest BCUT2D eigenvalue weighted by Crippen LogP contribution is -2.04. The van der Waals surface area contributed by atoms with Crippen LogP contribution in [0.25, 0.3) is 0 Å². The number of rotatable bonds is 5. The number of halogens is 3. The van der Waals surface area contributed by atoms with E-state index in [-0.39, 0.29) is 17.9 Å². The first-order valence-corrected chi connectivity index (χ1v) is 6.15. The number of benzene rings is 2. The van der Waals surface area contributed by atoms with Gasteiger partial charge in [-0.15, -0.1) is 0 Å². The summed E-state index contributed by atoms with van der Waals surface area (Å²) in [5.41, 5.74) is 6.18. The molecule has 0 unspecified atom stereocenters. The second-order valence-electron chi connectivity index (χ2n) is 4.33. The van der Waals surface area contributed by atoms with Crippen molar-refractivity contribution in [2.45, 2.75) is 13.0 Å². The van der Waals surface area contributed by atoms with Gasteiger partial charge in [0, 0.05) is 5.56 Å². The summed E-state index contributed by atoms with van der Waals surface area (Å²) in [4.78, 5) is 0. The molecule has 0 amide bonds. The summed E-state index contributed by atoms with van der Waals surface area (Å²) < 4.78 is 45.3. The highest BCUT2D eigenvalue weighted by molar-refractivity contribution is 5.30. The summed E-state index contributed by atoms with van der Waals surface area (Å²) >= 11 is 0. The van der Waals surface area contributed by atoms with E-state index in [2.05, 4.69) is 0 Å². The summed E-state index contributed by atoms with van der Waals surface area (Å²) in [6, 6.07) is 7.51. The third-order valence-corrected chi connectivity index (χ3v) is 2.82. The first-order chi connectivity index (χ1) is 9.60. The molecule has 20 heavy (non-hydrogen) atoms. The number of hydrogen-bond donors (Lipinski definition) is 1. The van der Waals surface area contributed by atoms with Crippen LogP contribution in [0.1, 0.15) is 11.1 Å². The number of hydrogen-bond acceptors (Lipinski definition) is 2. The van der Waals surface area contributed by atoms with E-state index in [4.69, 9.17) is 10.5 Å². The summed E-state index contributed by atoms with van der Waals surface area (Å²) in [6.07, 6.45) is 0.565. The molecule has 0 radical (unpaired) electrons. The summed E-state index contributed by atoms with van der Waals surface area (Å²) in [5.74, 6) is -1.71. The van der Waals surface area contributed by atoms with Crippen LogP contribution in [-0.2, 0) is 13.0 Å². The van der Waals surface area contributed by atoms with Crippen LogP contribution in [0.15, 0.2) is 36.4 Å².